The van der Waals surface area contributed by atoms with Crippen LogP contribution in [0.5, 0.6) is 0 Å². The van der Waals surface area contributed by atoms with Crippen LogP contribution in [0.4, 0.5) is 0 Å². The van der Waals surface area contributed by atoms with Gasteiger partial charge in [-0.25, -0.2) is 30.2 Å². The Bertz CT molecular complexity index is 496. The molecule has 4 heteroatoms. The average molecular weight is 431 g/mol. The van der Waals surface area contributed by atoms with Crippen LogP contribution in [0, 0.1) is 24.2 Å². The van der Waals surface area contributed by atoms with E-state index in [1.54, 1.807) is 23.3 Å². The summed E-state index contributed by atoms with van der Waals surface area (Å²) in [7, 11) is 0. The summed E-state index contributed by atoms with van der Waals surface area (Å²) in [6.07, 6.45) is 8.56. The predicted molar refractivity (Wildman–Crippen MR) is 97.3 cm³/mol. The third-order valence-electron chi connectivity index (χ3n) is 3.61. The molecule has 0 radical (unpaired) electrons. The Morgan fingerprint density at radius 3 is 2.14 bits per heavy atom. The van der Waals surface area contributed by atoms with Crippen molar-refractivity contribution in [2.75, 3.05) is 0 Å². The Labute approximate surface area is 160 Å². The molecule has 118 valence electrons. The van der Waals surface area contributed by atoms with Gasteiger partial charge in [-0.2, -0.15) is 18.2 Å². The van der Waals surface area contributed by atoms with Crippen LogP contribution >= 0.6 is 23.2 Å². The zero-order chi connectivity index (χ0) is 16.8. The quantitative estimate of drug-likeness (QED) is 0.271. The van der Waals surface area contributed by atoms with Gasteiger partial charge < -0.3 is 0 Å². The maximum Gasteiger partial charge on any atom is -0.172 e. The second-order valence-corrected chi connectivity index (χ2v) is 16.8. The van der Waals surface area contributed by atoms with E-state index >= 15 is 0 Å². The molecule has 0 saturated heterocycles. The van der Waals surface area contributed by atoms with E-state index < -0.39 is 4.33 Å². The van der Waals surface area contributed by atoms with E-state index in [9.17, 15) is 0 Å². The SMILES string of the molecule is CC1C=CC=C2[CH-]C(C)C(Cl)(Cl)C21.C[Si](C)=[Zr+2].c1cc[cH-]c1. The van der Waals surface area contributed by atoms with Crippen molar-refractivity contribution in [3.8, 4) is 0 Å². The molecule has 1 aromatic rings. The minimum atomic E-state index is -0.615. The zero-order valence-corrected chi connectivity index (χ0v) is 18.7. The van der Waals surface area contributed by atoms with Crippen molar-refractivity contribution in [1.82, 2.24) is 0 Å². The van der Waals surface area contributed by atoms with E-state index in [4.69, 9.17) is 23.2 Å². The average Bonchev–Trinajstić information content (AvgIpc) is 3.02. The number of hydrogen-bond acceptors (Lipinski definition) is 0. The second-order valence-electron chi connectivity index (χ2n) is 5.98. The molecule has 3 atom stereocenters. The molecule has 22 heavy (non-hydrogen) atoms. The van der Waals surface area contributed by atoms with Gasteiger partial charge in [-0.1, -0.05) is 25.8 Å². The van der Waals surface area contributed by atoms with Gasteiger partial charge >= 0.3 is 41.9 Å². The molecule has 0 aromatic heterocycles. The Morgan fingerprint density at radius 1 is 1.18 bits per heavy atom. The van der Waals surface area contributed by atoms with Gasteiger partial charge in [-0.3, -0.25) is 0 Å². The fourth-order valence-corrected chi connectivity index (χ4v) is 3.37. The molecule has 0 N–H and O–H groups in total. The standard InChI is InChI=1S/C11H13Cl2.C5H5.C2H6Si.Zr/c1-7-4-3-5-9-6-8(2)11(12,13)10(7)9;1-2-4-5-3-1;1-3-2;/h3-8,10H,1-2H3;1-5H;1-2H3;/q2*-1;;+2. The molecule has 2 aliphatic rings. The van der Waals surface area contributed by atoms with E-state index in [-0.39, 0.29) is 17.3 Å². The van der Waals surface area contributed by atoms with Crippen molar-refractivity contribution in [1.29, 1.82) is 0 Å². The van der Waals surface area contributed by atoms with Crippen LogP contribution in [0.3, 0.4) is 0 Å². The smallest absolute Gasteiger partial charge is 0.172 e. The molecule has 2 aliphatic carbocycles. The van der Waals surface area contributed by atoms with Crippen molar-refractivity contribution >= 4 is 28.6 Å². The molecule has 0 aliphatic heterocycles. The van der Waals surface area contributed by atoms with Gasteiger partial charge in [0.05, 0.1) is 0 Å². The molecule has 1 saturated carbocycles. The van der Waals surface area contributed by atoms with Crippen molar-refractivity contribution in [2.24, 2.45) is 17.8 Å². The summed E-state index contributed by atoms with van der Waals surface area (Å²) < 4.78 is -0.615. The minimum absolute atomic E-state index is 0.210. The Balaban J connectivity index is 0.000000222. The molecule has 0 heterocycles. The van der Waals surface area contributed by atoms with Gasteiger partial charge in [0.1, 0.15) is 4.33 Å². The van der Waals surface area contributed by atoms with Gasteiger partial charge in [0.25, 0.3) is 0 Å². The molecule has 0 nitrogen and oxygen atoms in total. The van der Waals surface area contributed by atoms with E-state index in [1.165, 1.54) is 5.57 Å². The Morgan fingerprint density at radius 2 is 1.73 bits per heavy atom. The Hall–Kier alpha value is 0.380. The van der Waals surface area contributed by atoms with Crippen LogP contribution in [0.1, 0.15) is 13.8 Å². The van der Waals surface area contributed by atoms with E-state index in [0.29, 0.717) is 5.92 Å². The molecule has 0 amide bonds. The second kappa shape index (κ2) is 9.62. The number of fused-ring (bicyclic) bond motifs is 1. The number of allylic oxidation sites excluding steroid dienone is 4. The zero-order valence-electron chi connectivity index (χ0n) is 13.7. The molecular formula is C18H24Cl2SiZr. The summed E-state index contributed by atoms with van der Waals surface area (Å²) in [6.45, 7) is 8.86. The number of halogens is 2. The number of rotatable bonds is 0. The molecule has 0 bridgehead atoms. The summed E-state index contributed by atoms with van der Waals surface area (Å²) in [5.41, 5.74) is 1.51. The summed E-state index contributed by atoms with van der Waals surface area (Å²) in [5, 5.41) is 0. The molecule has 1 fully saturated rings. The maximum atomic E-state index is 6.35. The van der Waals surface area contributed by atoms with Crippen LogP contribution in [-0.4, -0.2) is 9.77 Å². The first-order chi connectivity index (χ1) is 10.3. The predicted octanol–water partition coefficient (Wildman–Crippen LogP) is 5.95. The van der Waals surface area contributed by atoms with E-state index in [0.717, 1.165) is 0 Å². The van der Waals surface area contributed by atoms with Crippen molar-refractivity contribution < 1.29 is 23.3 Å². The van der Waals surface area contributed by atoms with Crippen molar-refractivity contribution in [3.05, 3.63) is 60.6 Å². The minimum Gasteiger partial charge on any atom is -0.214 e. The summed E-state index contributed by atoms with van der Waals surface area (Å²) in [4.78, 5) is 0. The monoisotopic (exact) mass is 428 g/mol. The van der Waals surface area contributed by atoms with Crippen LogP contribution in [0.25, 0.3) is 0 Å². The van der Waals surface area contributed by atoms with Gasteiger partial charge in [-0.05, 0) is 11.8 Å². The van der Waals surface area contributed by atoms with Crippen LogP contribution < -0.4 is 0 Å². The molecular weight excluding hydrogens is 406 g/mol. The largest absolute Gasteiger partial charge is 0.214 e. The van der Waals surface area contributed by atoms with Crippen molar-refractivity contribution in [3.63, 3.8) is 0 Å². The van der Waals surface area contributed by atoms with Crippen LogP contribution in [-0.2, 0) is 23.3 Å². The van der Waals surface area contributed by atoms with Crippen LogP contribution in [0.2, 0.25) is 13.1 Å². The first kappa shape index (κ1) is 20.4. The van der Waals surface area contributed by atoms with Crippen molar-refractivity contribution in [2.45, 2.75) is 31.3 Å². The van der Waals surface area contributed by atoms with Crippen LogP contribution in [0.15, 0.2) is 54.1 Å². The van der Waals surface area contributed by atoms with Gasteiger partial charge in [0.2, 0.25) is 0 Å². The van der Waals surface area contributed by atoms with Gasteiger partial charge in [0, 0.05) is 0 Å². The van der Waals surface area contributed by atoms with E-state index in [2.05, 4.69) is 51.6 Å². The number of alkyl halides is 2. The molecule has 1 aromatic carbocycles. The third kappa shape index (κ3) is 6.11. The first-order valence-electron chi connectivity index (χ1n) is 7.56. The van der Waals surface area contributed by atoms with Gasteiger partial charge in [0.15, 0.2) is 0 Å². The fraction of sp³-hybridized carbons (Fsp3) is 0.444. The van der Waals surface area contributed by atoms with Gasteiger partial charge in [-0.15, -0.1) is 29.3 Å². The maximum absolute atomic E-state index is 6.35. The molecule has 3 unspecified atom stereocenters. The summed E-state index contributed by atoms with van der Waals surface area (Å²) in [5.74, 6) is 0.960. The summed E-state index contributed by atoms with van der Waals surface area (Å²) in [6, 6.07) is 10.0. The fourth-order valence-electron chi connectivity index (χ4n) is 2.60. The molecule has 0 spiro atoms. The normalized spacial score (nSPS) is 27.3. The third-order valence-corrected chi connectivity index (χ3v) is 4.77. The number of hydrogen-bond donors (Lipinski definition) is 0. The topological polar surface area (TPSA) is 0 Å². The Kier molecular flexibility index (Phi) is 8.93. The molecule has 3 rings (SSSR count). The summed E-state index contributed by atoms with van der Waals surface area (Å²) >= 11 is 14.4. The van der Waals surface area contributed by atoms with E-state index in [1.807, 2.05) is 30.3 Å². The first-order valence-corrected chi connectivity index (χ1v) is 14.5.